The molecule has 0 radical (unpaired) electrons. The second kappa shape index (κ2) is 9.62. The summed E-state index contributed by atoms with van der Waals surface area (Å²) >= 11 is 2.01. The number of carbonyl (C=O) groups excluding carboxylic acids is 2. The number of anilines is 1. The van der Waals surface area contributed by atoms with E-state index in [2.05, 4.69) is 28.2 Å². The van der Waals surface area contributed by atoms with Crippen molar-refractivity contribution in [2.75, 3.05) is 36.5 Å². The predicted molar refractivity (Wildman–Crippen MR) is 120 cm³/mol. The lowest BCUT2D eigenvalue weighted by Crippen LogP contribution is -2.32. The van der Waals surface area contributed by atoms with Gasteiger partial charge in [0.1, 0.15) is 0 Å². The van der Waals surface area contributed by atoms with Crippen LogP contribution in [0.5, 0.6) is 0 Å². The third-order valence-electron chi connectivity index (χ3n) is 5.87. The zero-order valence-corrected chi connectivity index (χ0v) is 18.2. The summed E-state index contributed by atoms with van der Waals surface area (Å²) in [6.45, 7) is 6.08. The number of nitrogens with one attached hydrogen (secondary N) is 1. The number of nitrogens with zero attached hydrogens (tertiary/aromatic N) is 3. The van der Waals surface area contributed by atoms with Crippen LogP contribution < -0.4 is 5.32 Å². The summed E-state index contributed by atoms with van der Waals surface area (Å²) in [6.07, 6.45) is 1.97. The summed E-state index contributed by atoms with van der Waals surface area (Å²) in [5, 5.41) is 3.08. The minimum Gasteiger partial charge on any atom is -0.336 e. The molecule has 7 heteroatoms. The van der Waals surface area contributed by atoms with Gasteiger partial charge in [0, 0.05) is 56.0 Å². The molecule has 3 heterocycles. The average molecular weight is 425 g/mol. The second-order valence-corrected chi connectivity index (χ2v) is 9.19. The molecule has 1 atom stereocenters. The number of amides is 2. The van der Waals surface area contributed by atoms with Crippen LogP contribution in [-0.2, 0) is 22.7 Å². The maximum Gasteiger partial charge on any atom is 0.229 e. The number of benzene rings is 1. The molecule has 2 aliphatic rings. The fourth-order valence-electron chi connectivity index (χ4n) is 4.01. The Balaban J connectivity index is 1.38. The van der Waals surface area contributed by atoms with Crippen molar-refractivity contribution in [1.29, 1.82) is 0 Å². The summed E-state index contributed by atoms with van der Waals surface area (Å²) in [7, 11) is 0. The van der Waals surface area contributed by atoms with Crippen LogP contribution in [0.15, 0.2) is 42.6 Å². The van der Waals surface area contributed by atoms with Crippen molar-refractivity contribution >= 4 is 29.3 Å². The van der Waals surface area contributed by atoms with E-state index in [9.17, 15) is 9.59 Å². The maximum atomic E-state index is 12.9. The first-order valence-corrected chi connectivity index (χ1v) is 11.6. The summed E-state index contributed by atoms with van der Waals surface area (Å²) in [5.41, 5.74) is 4.05. The maximum absolute atomic E-state index is 12.9. The lowest BCUT2D eigenvalue weighted by atomic mass is 10.0. The molecule has 0 aliphatic carbocycles. The lowest BCUT2D eigenvalue weighted by molar-refractivity contribution is -0.128. The van der Waals surface area contributed by atoms with Gasteiger partial charge in [-0.1, -0.05) is 18.2 Å². The smallest absolute Gasteiger partial charge is 0.229 e. The van der Waals surface area contributed by atoms with Crippen LogP contribution in [0, 0.1) is 12.8 Å². The minimum absolute atomic E-state index is 0.00856. The summed E-state index contributed by atoms with van der Waals surface area (Å²) in [5.74, 6) is 1.96. The van der Waals surface area contributed by atoms with Gasteiger partial charge in [-0.3, -0.25) is 19.5 Å². The van der Waals surface area contributed by atoms with Crippen LogP contribution in [0.25, 0.3) is 0 Å². The third-order valence-corrected chi connectivity index (χ3v) is 6.81. The molecule has 2 amide bonds. The Kier molecular flexibility index (Phi) is 6.69. The SMILES string of the molecule is Cc1c(CN2CCSCC2)cccc1NC(=O)C1CC(=O)N(Cc2ccccn2)C1. The van der Waals surface area contributed by atoms with E-state index in [1.54, 1.807) is 11.1 Å². The molecule has 6 nitrogen and oxygen atoms in total. The molecule has 2 fully saturated rings. The van der Waals surface area contributed by atoms with Gasteiger partial charge in [-0.15, -0.1) is 0 Å². The van der Waals surface area contributed by atoms with Crippen LogP contribution in [-0.4, -0.2) is 57.7 Å². The van der Waals surface area contributed by atoms with Gasteiger partial charge in [0.15, 0.2) is 0 Å². The van der Waals surface area contributed by atoms with Gasteiger partial charge >= 0.3 is 0 Å². The Labute approximate surface area is 182 Å². The van der Waals surface area contributed by atoms with Gasteiger partial charge in [-0.25, -0.2) is 0 Å². The van der Waals surface area contributed by atoms with Crippen molar-refractivity contribution in [3.05, 3.63) is 59.4 Å². The van der Waals surface area contributed by atoms with Crippen molar-refractivity contribution in [2.45, 2.75) is 26.4 Å². The molecular weight excluding hydrogens is 396 g/mol. The Hall–Kier alpha value is -2.38. The van der Waals surface area contributed by atoms with Gasteiger partial charge in [-0.2, -0.15) is 11.8 Å². The normalized spacial score (nSPS) is 19.8. The molecule has 1 aromatic heterocycles. The van der Waals surface area contributed by atoms with Crippen LogP contribution in [0.2, 0.25) is 0 Å². The van der Waals surface area contributed by atoms with Gasteiger partial charge in [0.05, 0.1) is 18.2 Å². The summed E-state index contributed by atoms with van der Waals surface area (Å²) in [6, 6.07) is 11.8. The van der Waals surface area contributed by atoms with Crippen molar-refractivity contribution in [3.63, 3.8) is 0 Å². The fourth-order valence-corrected chi connectivity index (χ4v) is 4.99. The van der Waals surface area contributed by atoms with Gasteiger partial charge in [0.2, 0.25) is 11.8 Å². The van der Waals surface area contributed by atoms with Gasteiger partial charge < -0.3 is 10.2 Å². The molecule has 2 aliphatic heterocycles. The van der Waals surface area contributed by atoms with Gasteiger partial charge in [-0.05, 0) is 36.2 Å². The third kappa shape index (κ3) is 5.02. The first kappa shape index (κ1) is 20.9. The van der Waals surface area contributed by atoms with E-state index in [0.717, 1.165) is 36.6 Å². The van der Waals surface area contributed by atoms with E-state index >= 15 is 0 Å². The van der Waals surface area contributed by atoms with E-state index in [1.165, 1.54) is 17.1 Å². The number of aromatic nitrogens is 1. The molecule has 0 bridgehead atoms. The van der Waals surface area contributed by atoms with Crippen molar-refractivity contribution < 1.29 is 9.59 Å². The molecule has 1 N–H and O–H groups in total. The Morgan fingerprint density at radius 3 is 2.77 bits per heavy atom. The molecular formula is C23H28N4O2S. The molecule has 0 saturated carbocycles. The molecule has 30 heavy (non-hydrogen) atoms. The molecule has 2 aromatic rings. The largest absolute Gasteiger partial charge is 0.336 e. The molecule has 2 saturated heterocycles. The van der Waals surface area contributed by atoms with Crippen LogP contribution in [0.3, 0.4) is 0 Å². The van der Waals surface area contributed by atoms with Crippen LogP contribution in [0.4, 0.5) is 5.69 Å². The highest BCUT2D eigenvalue weighted by Gasteiger charge is 2.34. The van der Waals surface area contributed by atoms with Crippen LogP contribution in [0.1, 0.15) is 23.2 Å². The number of likely N-dealkylation sites (tertiary alicyclic amines) is 1. The second-order valence-electron chi connectivity index (χ2n) is 7.96. The standard InChI is InChI=1S/C23H28N4O2S/c1-17-18(14-26-9-11-30-12-10-26)5-4-7-21(17)25-23(29)19-13-22(28)27(15-19)16-20-6-2-3-8-24-20/h2-8,19H,9-16H2,1H3,(H,25,29). The van der Waals surface area contributed by atoms with E-state index in [-0.39, 0.29) is 24.2 Å². The number of thioether (sulfide) groups is 1. The fraction of sp³-hybridized carbons (Fsp3) is 0.435. The zero-order valence-electron chi connectivity index (χ0n) is 17.3. The molecule has 0 spiro atoms. The van der Waals surface area contributed by atoms with Crippen LogP contribution >= 0.6 is 11.8 Å². The first-order chi connectivity index (χ1) is 14.6. The Bertz CT molecular complexity index is 899. The minimum atomic E-state index is -0.330. The molecule has 1 unspecified atom stereocenters. The number of hydrogen-bond donors (Lipinski definition) is 1. The van der Waals surface area contributed by atoms with E-state index in [0.29, 0.717) is 13.1 Å². The Morgan fingerprint density at radius 2 is 2.00 bits per heavy atom. The number of hydrogen-bond acceptors (Lipinski definition) is 5. The van der Waals surface area contributed by atoms with E-state index in [4.69, 9.17) is 0 Å². The predicted octanol–water partition coefficient (Wildman–Crippen LogP) is 2.93. The highest BCUT2D eigenvalue weighted by atomic mass is 32.2. The molecule has 158 valence electrons. The number of carbonyl (C=O) groups is 2. The summed E-state index contributed by atoms with van der Waals surface area (Å²) in [4.78, 5) is 33.8. The number of rotatable bonds is 6. The van der Waals surface area contributed by atoms with Gasteiger partial charge in [0.25, 0.3) is 0 Å². The molecule has 4 rings (SSSR count). The summed E-state index contributed by atoms with van der Waals surface area (Å²) < 4.78 is 0. The average Bonchev–Trinajstić information content (AvgIpc) is 3.13. The van der Waals surface area contributed by atoms with Crippen molar-refractivity contribution in [1.82, 2.24) is 14.8 Å². The highest BCUT2D eigenvalue weighted by molar-refractivity contribution is 7.99. The zero-order chi connectivity index (χ0) is 20.9. The highest BCUT2D eigenvalue weighted by Crippen LogP contribution is 2.25. The Morgan fingerprint density at radius 1 is 1.17 bits per heavy atom. The topological polar surface area (TPSA) is 65.5 Å². The monoisotopic (exact) mass is 424 g/mol. The van der Waals surface area contributed by atoms with Crippen molar-refractivity contribution in [3.8, 4) is 0 Å². The van der Waals surface area contributed by atoms with Crippen molar-refractivity contribution in [2.24, 2.45) is 5.92 Å². The quantitative estimate of drug-likeness (QED) is 0.772. The van der Waals surface area contributed by atoms with E-state index < -0.39 is 0 Å². The lowest BCUT2D eigenvalue weighted by Gasteiger charge is -2.27. The van der Waals surface area contributed by atoms with E-state index in [1.807, 2.05) is 42.1 Å². The number of pyridine rings is 1. The first-order valence-electron chi connectivity index (χ1n) is 10.5. The molecule has 1 aromatic carbocycles.